The van der Waals surface area contributed by atoms with Crippen molar-refractivity contribution in [3.63, 3.8) is 0 Å². The molecule has 0 aromatic heterocycles. The lowest BCUT2D eigenvalue weighted by Crippen LogP contribution is -2.34. The third-order valence-electron chi connectivity index (χ3n) is 4.17. The molecule has 4 nitrogen and oxygen atoms in total. The topological polar surface area (TPSA) is 46.4 Å². The van der Waals surface area contributed by atoms with Crippen LogP contribution in [-0.2, 0) is 0 Å². The van der Waals surface area contributed by atoms with Gasteiger partial charge < -0.3 is 4.90 Å². The fourth-order valence-electron chi connectivity index (χ4n) is 2.96. The molecule has 0 saturated heterocycles. The number of nitrogens with zero attached hydrogens (tertiary/aromatic N) is 2. The average Bonchev–Trinajstić information content (AvgIpc) is 2.92. The van der Waals surface area contributed by atoms with Gasteiger partial charge in [-0.3, -0.25) is 10.1 Å². The summed E-state index contributed by atoms with van der Waals surface area (Å²) >= 11 is 2.07. The Labute approximate surface area is 140 Å². The molecule has 0 spiro atoms. The van der Waals surface area contributed by atoms with E-state index in [9.17, 15) is 10.1 Å². The lowest BCUT2D eigenvalue weighted by atomic mass is 10.1. The number of nitro groups is 1. The lowest BCUT2D eigenvalue weighted by Gasteiger charge is -2.32. The number of hydrogen-bond acceptors (Lipinski definition) is 3. The molecule has 2 rings (SSSR count). The molecule has 1 aliphatic carbocycles. The van der Waals surface area contributed by atoms with Crippen molar-refractivity contribution in [2.24, 2.45) is 5.92 Å². The van der Waals surface area contributed by atoms with Gasteiger partial charge >= 0.3 is 0 Å². The van der Waals surface area contributed by atoms with Crippen LogP contribution < -0.4 is 4.90 Å². The highest BCUT2D eigenvalue weighted by molar-refractivity contribution is 14.1. The number of benzene rings is 1. The first kappa shape index (κ1) is 16.5. The summed E-state index contributed by atoms with van der Waals surface area (Å²) in [4.78, 5) is 13.1. The van der Waals surface area contributed by atoms with E-state index in [1.807, 2.05) is 12.1 Å². The number of hydrogen-bond donors (Lipinski definition) is 0. The zero-order valence-electron chi connectivity index (χ0n) is 12.7. The van der Waals surface area contributed by atoms with E-state index in [0.29, 0.717) is 12.0 Å². The third-order valence-corrected chi connectivity index (χ3v) is 5.04. The fraction of sp³-hybridized carbons (Fsp3) is 0.625. The van der Waals surface area contributed by atoms with E-state index in [1.165, 1.54) is 25.7 Å². The highest BCUT2D eigenvalue weighted by Crippen LogP contribution is 2.32. The van der Waals surface area contributed by atoms with Gasteiger partial charge in [-0.05, 0) is 59.9 Å². The Bertz CT molecular complexity index is 499. The Balaban J connectivity index is 2.22. The Kier molecular flexibility index (Phi) is 5.84. The zero-order valence-corrected chi connectivity index (χ0v) is 14.9. The maximum Gasteiger partial charge on any atom is 0.282 e. The van der Waals surface area contributed by atoms with Crippen molar-refractivity contribution in [2.45, 2.75) is 52.0 Å². The number of halogens is 1. The summed E-state index contributed by atoms with van der Waals surface area (Å²) in [5.74, 6) is 0.672. The molecule has 0 amide bonds. The predicted octanol–water partition coefficient (Wildman–Crippen LogP) is 4.99. The van der Waals surface area contributed by atoms with Crippen LogP contribution in [-0.4, -0.2) is 17.5 Å². The fourth-order valence-corrected chi connectivity index (χ4v) is 3.65. The standard InChI is InChI=1S/C16H23IN2O2/c1-12(2)9-10-18(13-5-3-4-6-13)14-7-8-16(19(20)21)15(17)11-14/h7-8,11-13H,3-6,9-10H2,1-2H3. The molecule has 0 unspecified atom stereocenters. The van der Waals surface area contributed by atoms with Crippen LogP contribution in [0.25, 0.3) is 0 Å². The van der Waals surface area contributed by atoms with Gasteiger partial charge in [-0.1, -0.05) is 26.7 Å². The minimum atomic E-state index is -0.306. The number of rotatable bonds is 6. The maximum absolute atomic E-state index is 11.0. The summed E-state index contributed by atoms with van der Waals surface area (Å²) in [6, 6.07) is 6.13. The van der Waals surface area contributed by atoms with Gasteiger partial charge in [0.1, 0.15) is 0 Å². The number of anilines is 1. The molecule has 5 heteroatoms. The summed E-state index contributed by atoms with van der Waals surface area (Å²) < 4.78 is 0.725. The van der Waals surface area contributed by atoms with Gasteiger partial charge in [0.15, 0.2) is 0 Å². The van der Waals surface area contributed by atoms with Crippen molar-refractivity contribution in [1.82, 2.24) is 0 Å². The van der Waals surface area contributed by atoms with Crippen molar-refractivity contribution >= 4 is 34.0 Å². The quantitative estimate of drug-likeness (QED) is 0.383. The van der Waals surface area contributed by atoms with E-state index in [4.69, 9.17) is 0 Å². The summed E-state index contributed by atoms with van der Waals surface area (Å²) in [5, 5.41) is 11.0. The molecule has 116 valence electrons. The van der Waals surface area contributed by atoms with Crippen molar-refractivity contribution in [3.8, 4) is 0 Å². The van der Waals surface area contributed by atoms with Crippen LogP contribution in [0.15, 0.2) is 18.2 Å². The molecular formula is C16H23IN2O2. The molecule has 0 heterocycles. The van der Waals surface area contributed by atoms with E-state index in [-0.39, 0.29) is 10.6 Å². The third kappa shape index (κ3) is 4.31. The Hall–Kier alpha value is -0.850. The largest absolute Gasteiger partial charge is 0.369 e. The van der Waals surface area contributed by atoms with Crippen molar-refractivity contribution in [2.75, 3.05) is 11.4 Å². The van der Waals surface area contributed by atoms with Crippen LogP contribution in [0.4, 0.5) is 11.4 Å². The Morgan fingerprint density at radius 2 is 2.05 bits per heavy atom. The Morgan fingerprint density at radius 1 is 1.38 bits per heavy atom. The van der Waals surface area contributed by atoms with Crippen molar-refractivity contribution < 1.29 is 4.92 Å². The van der Waals surface area contributed by atoms with Crippen LogP contribution in [0, 0.1) is 19.6 Å². The first-order valence-corrected chi connectivity index (χ1v) is 8.77. The van der Waals surface area contributed by atoms with Crippen molar-refractivity contribution in [3.05, 3.63) is 31.9 Å². The lowest BCUT2D eigenvalue weighted by molar-refractivity contribution is -0.385. The first-order valence-electron chi connectivity index (χ1n) is 7.69. The maximum atomic E-state index is 11.0. The highest BCUT2D eigenvalue weighted by atomic mass is 127. The molecule has 0 N–H and O–H groups in total. The van der Waals surface area contributed by atoms with Gasteiger partial charge in [-0.15, -0.1) is 0 Å². The van der Waals surface area contributed by atoms with Crippen LogP contribution in [0.3, 0.4) is 0 Å². The first-order chi connectivity index (χ1) is 9.99. The molecule has 0 atom stereocenters. The molecule has 0 radical (unpaired) electrons. The van der Waals surface area contributed by atoms with Crippen LogP contribution in [0.2, 0.25) is 0 Å². The minimum absolute atomic E-state index is 0.203. The summed E-state index contributed by atoms with van der Waals surface area (Å²) in [6.45, 7) is 5.52. The molecular weight excluding hydrogens is 379 g/mol. The van der Waals surface area contributed by atoms with E-state index in [2.05, 4.69) is 41.3 Å². The van der Waals surface area contributed by atoms with Gasteiger partial charge in [0.05, 0.1) is 8.49 Å². The van der Waals surface area contributed by atoms with Gasteiger partial charge in [0.25, 0.3) is 5.69 Å². The molecule has 21 heavy (non-hydrogen) atoms. The van der Waals surface area contributed by atoms with Crippen LogP contribution in [0.1, 0.15) is 46.0 Å². The SMILES string of the molecule is CC(C)CCN(c1ccc([N+](=O)[O-])c(I)c1)C1CCCC1. The Morgan fingerprint density at radius 3 is 2.57 bits per heavy atom. The van der Waals surface area contributed by atoms with Gasteiger partial charge in [0, 0.05) is 24.3 Å². The monoisotopic (exact) mass is 402 g/mol. The molecule has 1 aromatic rings. The van der Waals surface area contributed by atoms with E-state index < -0.39 is 0 Å². The molecule has 1 aromatic carbocycles. The van der Waals surface area contributed by atoms with Crippen LogP contribution >= 0.6 is 22.6 Å². The molecule has 1 fully saturated rings. The smallest absolute Gasteiger partial charge is 0.282 e. The zero-order chi connectivity index (χ0) is 15.4. The van der Waals surface area contributed by atoms with E-state index in [0.717, 1.165) is 22.2 Å². The molecule has 1 saturated carbocycles. The average molecular weight is 402 g/mol. The van der Waals surface area contributed by atoms with E-state index >= 15 is 0 Å². The second kappa shape index (κ2) is 7.42. The summed E-state index contributed by atoms with van der Waals surface area (Å²) in [7, 11) is 0. The van der Waals surface area contributed by atoms with E-state index in [1.54, 1.807) is 6.07 Å². The molecule has 0 bridgehead atoms. The molecule has 1 aliphatic rings. The molecule has 0 aliphatic heterocycles. The predicted molar refractivity (Wildman–Crippen MR) is 94.9 cm³/mol. The normalized spacial score (nSPS) is 15.6. The van der Waals surface area contributed by atoms with Crippen molar-refractivity contribution in [1.29, 1.82) is 0 Å². The minimum Gasteiger partial charge on any atom is -0.369 e. The van der Waals surface area contributed by atoms with Gasteiger partial charge in [0.2, 0.25) is 0 Å². The second-order valence-electron chi connectivity index (χ2n) is 6.21. The van der Waals surface area contributed by atoms with Gasteiger partial charge in [-0.25, -0.2) is 0 Å². The summed E-state index contributed by atoms with van der Waals surface area (Å²) in [6.07, 6.45) is 6.24. The highest BCUT2D eigenvalue weighted by Gasteiger charge is 2.24. The van der Waals surface area contributed by atoms with Gasteiger partial charge in [-0.2, -0.15) is 0 Å². The number of nitro benzene ring substituents is 1. The summed E-state index contributed by atoms with van der Waals surface area (Å²) in [5.41, 5.74) is 1.34. The van der Waals surface area contributed by atoms with Crippen LogP contribution in [0.5, 0.6) is 0 Å². The second-order valence-corrected chi connectivity index (χ2v) is 7.37.